The van der Waals surface area contributed by atoms with Gasteiger partial charge in [0.2, 0.25) is 0 Å². The maximum atomic E-state index is 12.3. The lowest BCUT2D eigenvalue weighted by Gasteiger charge is -2.20. The van der Waals surface area contributed by atoms with Gasteiger partial charge in [-0.1, -0.05) is 12.8 Å². The van der Waals surface area contributed by atoms with Gasteiger partial charge in [0, 0.05) is 23.3 Å². The number of aromatic nitrogens is 5. The molecule has 7 heteroatoms. The van der Waals surface area contributed by atoms with Crippen LogP contribution in [-0.4, -0.2) is 36.7 Å². The molecule has 0 spiro atoms. The van der Waals surface area contributed by atoms with Gasteiger partial charge in [0.15, 0.2) is 5.78 Å². The molecule has 7 nitrogen and oxygen atoms in total. The first kappa shape index (κ1) is 14.7. The molecule has 0 saturated heterocycles. The number of ketones is 1. The summed E-state index contributed by atoms with van der Waals surface area (Å²) in [4.78, 5) is 23.9. The molecule has 122 valence electrons. The van der Waals surface area contributed by atoms with Crippen LogP contribution in [0.4, 0.5) is 0 Å². The summed E-state index contributed by atoms with van der Waals surface area (Å²) in [6.07, 6.45) is 12.1. The quantitative estimate of drug-likeness (QED) is 0.705. The molecule has 1 fully saturated rings. The van der Waals surface area contributed by atoms with E-state index >= 15 is 0 Å². The number of fused-ring (bicyclic) bond motifs is 1. The number of hydrogen-bond donors (Lipinski definition) is 2. The number of aromatic amines is 1. The molecule has 3 heterocycles. The van der Waals surface area contributed by atoms with Crippen LogP contribution in [-0.2, 0) is 4.79 Å². The van der Waals surface area contributed by atoms with Crippen LogP contribution in [0.25, 0.3) is 22.3 Å². The lowest BCUT2D eigenvalue weighted by molar-refractivity contribution is -0.117. The summed E-state index contributed by atoms with van der Waals surface area (Å²) in [6, 6.07) is 1.54. The number of hydrogen-bond acceptors (Lipinski definition) is 5. The Hall–Kier alpha value is -2.83. The van der Waals surface area contributed by atoms with Crippen LogP contribution in [0.1, 0.15) is 31.7 Å². The van der Waals surface area contributed by atoms with Crippen molar-refractivity contribution in [1.82, 2.24) is 24.7 Å². The maximum Gasteiger partial charge on any atom is 0.197 e. The molecule has 2 N–H and O–H groups in total. The molecule has 24 heavy (non-hydrogen) atoms. The van der Waals surface area contributed by atoms with Crippen molar-refractivity contribution in [3.63, 3.8) is 0 Å². The van der Waals surface area contributed by atoms with Crippen molar-refractivity contribution in [3.05, 3.63) is 31.0 Å². The summed E-state index contributed by atoms with van der Waals surface area (Å²) in [6.45, 7) is 0. The fourth-order valence-electron chi connectivity index (χ4n) is 3.65. The Labute approximate surface area is 138 Å². The normalized spacial score (nSPS) is 16.5. The summed E-state index contributed by atoms with van der Waals surface area (Å²) < 4.78 is 1.71. The zero-order valence-electron chi connectivity index (χ0n) is 13.1. The maximum absolute atomic E-state index is 12.3. The molecule has 1 unspecified atom stereocenters. The highest BCUT2D eigenvalue weighted by atomic mass is 16.1. The highest BCUT2D eigenvalue weighted by molar-refractivity contribution is 6.28. The minimum absolute atomic E-state index is 0.189. The van der Waals surface area contributed by atoms with E-state index in [0.29, 0.717) is 0 Å². The monoisotopic (exact) mass is 322 g/mol. The Morgan fingerprint density at radius 2 is 2.21 bits per heavy atom. The highest BCUT2D eigenvalue weighted by Crippen LogP contribution is 2.35. The van der Waals surface area contributed by atoms with Crippen molar-refractivity contribution >= 4 is 23.0 Å². The summed E-state index contributed by atoms with van der Waals surface area (Å²) in [5, 5.41) is 12.7. The Morgan fingerprint density at radius 1 is 1.38 bits per heavy atom. The van der Waals surface area contributed by atoms with E-state index in [2.05, 4.69) is 20.1 Å². The standard InChI is InChI=1S/C17H18N6O/c18-7-14(24)16(11-3-1-2-4-11)23-9-12(8-22-23)15-13-5-6-19-17(13)21-10-20-15/h5-11,16,18H,1-4H2,(H,19,20,21). The lowest BCUT2D eigenvalue weighted by Crippen LogP contribution is -2.27. The number of carbonyl (C=O) groups is 1. The topological polar surface area (TPSA) is 100 Å². The van der Waals surface area contributed by atoms with E-state index < -0.39 is 0 Å². The second kappa shape index (κ2) is 5.99. The van der Waals surface area contributed by atoms with E-state index in [1.54, 1.807) is 10.9 Å². The average Bonchev–Trinajstić information content (AvgIpc) is 3.35. The van der Waals surface area contributed by atoms with Gasteiger partial charge in [0.05, 0.1) is 18.1 Å². The molecule has 0 aromatic carbocycles. The molecule has 0 amide bonds. The van der Waals surface area contributed by atoms with E-state index in [4.69, 9.17) is 5.41 Å². The first-order valence-corrected chi connectivity index (χ1v) is 8.15. The van der Waals surface area contributed by atoms with Gasteiger partial charge >= 0.3 is 0 Å². The van der Waals surface area contributed by atoms with Crippen LogP contribution >= 0.6 is 0 Å². The van der Waals surface area contributed by atoms with E-state index in [-0.39, 0.29) is 17.7 Å². The number of carbonyl (C=O) groups excluding carboxylic acids is 1. The summed E-state index contributed by atoms with van der Waals surface area (Å²) >= 11 is 0. The fraction of sp³-hybridized carbons (Fsp3) is 0.353. The molecule has 1 aliphatic rings. The molecule has 0 radical (unpaired) electrons. The summed E-state index contributed by atoms with van der Waals surface area (Å²) in [5.41, 5.74) is 2.42. The second-order valence-corrected chi connectivity index (χ2v) is 6.21. The van der Waals surface area contributed by atoms with E-state index in [0.717, 1.165) is 54.2 Å². The predicted octanol–water partition coefficient (Wildman–Crippen LogP) is 2.77. The average molecular weight is 322 g/mol. The van der Waals surface area contributed by atoms with Crippen LogP contribution in [0.5, 0.6) is 0 Å². The minimum Gasteiger partial charge on any atom is -0.346 e. The molecule has 1 atom stereocenters. The first-order valence-electron chi connectivity index (χ1n) is 8.15. The lowest BCUT2D eigenvalue weighted by atomic mass is 9.95. The third kappa shape index (κ3) is 2.42. The molecule has 3 aromatic rings. The van der Waals surface area contributed by atoms with Crippen molar-refractivity contribution < 1.29 is 4.79 Å². The van der Waals surface area contributed by atoms with Gasteiger partial charge in [0.25, 0.3) is 0 Å². The Bertz CT molecular complexity index is 889. The van der Waals surface area contributed by atoms with Crippen molar-refractivity contribution in [3.8, 4) is 11.3 Å². The first-order chi connectivity index (χ1) is 11.8. The van der Waals surface area contributed by atoms with Gasteiger partial charge in [-0.05, 0) is 24.8 Å². The molecule has 0 bridgehead atoms. The smallest absolute Gasteiger partial charge is 0.197 e. The zero-order chi connectivity index (χ0) is 16.5. The third-order valence-corrected chi connectivity index (χ3v) is 4.79. The fourth-order valence-corrected chi connectivity index (χ4v) is 3.65. The Morgan fingerprint density at radius 3 is 3.00 bits per heavy atom. The largest absolute Gasteiger partial charge is 0.346 e. The summed E-state index contributed by atoms with van der Waals surface area (Å²) in [5.74, 6) is 0.0653. The van der Waals surface area contributed by atoms with Crippen LogP contribution < -0.4 is 0 Å². The van der Waals surface area contributed by atoms with Gasteiger partial charge in [-0.25, -0.2) is 9.97 Å². The van der Waals surface area contributed by atoms with Gasteiger partial charge in [-0.2, -0.15) is 5.10 Å². The molecule has 1 saturated carbocycles. The van der Waals surface area contributed by atoms with Crippen molar-refractivity contribution in [2.24, 2.45) is 5.92 Å². The highest BCUT2D eigenvalue weighted by Gasteiger charge is 2.31. The molecule has 3 aromatic heterocycles. The molecule has 4 rings (SSSR count). The van der Waals surface area contributed by atoms with Gasteiger partial charge in [-0.15, -0.1) is 0 Å². The van der Waals surface area contributed by atoms with E-state index in [9.17, 15) is 4.79 Å². The van der Waals surface area contributed by atoms with Crippen LogP contribution in [0, 0.1) is 11.3 Å². The Kier molecular flexibility index (Phi) is 3.68. The van der Waals surface area contributed by atoms with Gasteiger partial charge in [-0.3, -0.25) is 9.48 Å². The predicted molar refractivity (Wildman–Crippen MR) is 89.9 cm³/mol. The minimum atomic E-state index is -0.387. The van der Waals surface area contributed by atoms with Gasteiger partial charge < -0.3 is 10.4 Å². The zero-order valence-corrected chi connectivity index (χ0v) is 13.1. The molecular formula is C17H18N6O. The molecule has 0 aliphatic heterocycles. The Balaban J connectivity index is 1.74. The van der Waals surface area contributed by atoms with Crippen molar-refractivity contribution in [2.45, 2.75) is 31.7 Å². The number of Topliss-reactive ketones (excluding diaryl/α,β-unsaturated/α-hetero) is 1. The van der Waals surface area contributed by atoms with Crippen LogP contribution in [0.2, 0.25) is 0 Å². The number of nitrogens with one attached hydrogen (secondary N) is 2. The van der Waals surface area contributed by atoms with Crippen LogP contribution in [0.3, 0.4) is 0 Å². The molecule has 1 aliphatic carbocycles. The van der Waals surface area contributed by atoms with Crippen LogP contribution in [0.15, 0.2) is 31.0 Å². The van der Waals surface area contributed by atoms with Gasteiger partial charge in [0.1, 0.15) is 18.0 Å². The van der Waals surface area contributed by atoms with E-state index in [1.165, 1.54) is 6.33 Å². The van der Waals surface area contributed by atoms with Crippen molar-refractivity contribution in [2.75, 3.05) is 0 Å². The molecular weight excluding hydrogens is 304 g/mol. The summed E-state index contributed by atoms with van der Waals surface area (Å²) in [7, 11) is 0. The van der Waals surface area contributed by atoms with Crippen molar-refractivity contribution in [1.29, 1.82) is 5.41 Å². The third-order valence-electron chi connectivity index (χ3n) is 4.79. The number of nitrogens with zero attached hydrogens (tertiary/aromatic N) is 4. The van der Waals surface area contributed by atoms with E-state index in [1.807, 2.05) is 18.5 Å². The number of H-pyrrole nitrogens is 1. The second-order valence-electron chi connectivity index (χ2n) is 6.21. The SMILES string of the molecule is N=CC(=O)C(C1CCCC1)n1cc(-c2ncnc3[nH]ccc23)cn1. The number of rotatable bonds is 5.